The molecule has 1 aliphatic heterocycles. The number of anilines is 1. The molecule has 238 valence electrons. The van der Waals surface area contributed by atoms with Gasteiger partial charge in [0.05, 0.1) is 19.6 Å². The number of carbonyl (C=O) groups excluding carboxylic acids is 3. The van der Waals surface area contributed by atoms with Crippen molar-refractivity contribution in [3.8, 4) is 11.1 Å². The molecule has 0 unspecified atom stereocenters. The molecule has 2 aromatic carbocycles. The molecule has 0 spiro atoms. The van der Waals surface area contributed by atoms with Crippen LogP contribution in [0.15, 0.2) is 47.3 Å². The second kappa shape index (κ2) is 14.2. The van der Waals surface area contributed by atoms with Crippen molar-refractivity contribution in [3.63, 3.8) is 0 Å². The Morgan fingerprint density at radius 2 is 1.67 bits per heavy atom. The van der Waals surface area contributed by atoms with E-state index in [9.17, 15) is 19.2 Å². The number of aromatic nitrogens is 1. The number of pyridine rings is 1. The number of aromatic amines is 1. The van der Waals surface area contributed by atoms with Crippen LogP contribution < -0.4 is 15.8 Å². The van der Waals surface area contributed by atoms with E-state index >= 15 is 0 Å². The lowest BCUT2D eigenvalue weighted by Crippen LogP contribution is -2.41. The van der Waals surface area contributed by atoms with Crippen LogP contribution in [-0.4, -0.2) is 60.5 Å². The molecule has 3 amide bonds. The number of hydrogen-bond donors (Lipinski definition) is 2. The summed E-state index contributed by atoms with van der Waals surface area (Å²) in [5.41, 5.74) is 6.34. The van der Waals surface area contributed by atoms with E-state index in [1.807, 2.05) is 80.0 Å². The maximum absolute atomic E-state index is 13.7. The van der Waals surface area contributed by atoms with E-state index in [0.717, 1.165) is 53.6 Å². The number of rotatable bonds is 9. The summed E-state index contributed by atoms with van der Waals surface area (Å²) in [7, 11) is 0. The third-order valence-electron chi connectivity index (χ3n) is 9.13. The molecule has 9 heteroatoms. The van der Waals surface area contributed by atoms with Gasteiger partial charge in [-0.05, 0) is 86.6 Å². The molecular formula is C36H44N4O5. The standard InChI is InChI=1S/C36H44N4O5/c1-5-40(36(44)28-8-6-7-9-28)32-21-29(27-12-10-26(11-13-27)19-33(41)39-14-16-45-17-15-39)20-30(25(32)4)34(42)37-22-31-23(2)18-24(3)38-35(31)43/h10-13,18,20-21,28H,5-9,14-17,19,22H2,1-4H3,(H,37,42)(H,38,43). The van der Waals surface area contributed by atoms with Gasteiger partial charge in [-0.25, -0.2) is 0 Å². The van der Waals surface area contributed by atoms with E-state index in [2.05, 4.69) is 10.3 Å². The second-order valence-corrected chi connectivity index (χ2v) is 12.2. The number of benzene rings is 2. The second-order valence-electron chi connectivity index (χ2n) is 12.2. The van der Waals surface area contributed by atoms with Crippen LogP contribution >= 0.6 is 0 Å². The molecule has 0 radical (unpaired) electrons. The Labute approximate surface area is 265 Å². The van der Waals surface area contributed by atoms with Crippen LogP contribution in [0.25, 0.3) is 11.1 Å². The highest BCUT2D eigenvalue weighted by Gasteiger charge is 2.29. The van der Waals surface area contributed by atoms with Crippen molar-refractivity contribution in [1.29, 1.82) is 0 Å². The first-order valence-corrected chi connectivity index (χ1v) is 16.0. The number of carbonyl (C=O) groups is 3. The summed E-state index contributed by atoms with van der Waals surface area (Å²) >= 11 is 0. The molecule has 0 bridgehead atoms. The highest BCUT2D eigenvalue weighted by atomic mass is 16.5. The zero-order valence-corrected chi connectivity index (χ0v) is 26.8. The fraction of sp³-hybridized carbons (Fsp3) is 0.444. The molecule has 1 saturated heterocycles. The molecule has 45 heavy (non-hydrogen) atoms. The largest absolute Gasteiger partial charge is 0.378 e. The summed E-state index contributed by atoms with van der Waals surface area (Å²) in [6.07, 6.45) is 4.19. The van der Waals surface area contributed by atoms with Crippen molar-refractivity contribution in [1.82, 2.24) is 15.2 Å². The minimum absolute atomic E-state index is 0.00944. The van der Waals surface area contributed by atoms with E-state index in [0.29, 0.717) is 61.6 Å². The Morgan fingerprint density at radius 1 is 0.978 bits per heavy atom. The lowest BCUT2D eigenvalue weighted by atomic mass is 9.95. The summed E-state index contributed by atoms with van der Waals surface area (Å²) in [6.45, 7) is 10.5. The number of nitrogens with one attached hydrogen (secondary N) is 2. The average Bonchev–Trinajstić information content (AvgIpc) is 3.58. The molecular weight excluding hydrogens is 568 g/mol. The Balaban J connectivity index is 1.46. The third-order valence-corrected chi connectivity index (χ3v) is 9.13. The topological polar surface area (TPSA) is 112 Å². The number of hydrogen-bond acceptors (Lipinski definition) is 5. The molecule has 3 aromatic rings. The van der Waals surface area contributed by atoms with Crippen LogP contribution in [0, 0.1) is 26.7 Å². The monoisotopic (exact) mass is 612 g/mol. The van der Waals surface area contributed by atoms with E-state index in [1.165, 1.54) is 0 Å². The van der Waals surface area contributed by atoms with Gasteiger partial charge in [-0.1, -0.05) is 37.1 Å². The fourth-order valence-corrected chi connectivity index (χ4v) is 6.50. The lowest BCUT2D eigenvalue weighted by molar-refractivity contribution is -0.134. The van der Waals surface area contributed by atoms with Crippen molar-refractivity contribution < 1.29 is 19.1 Å². The van der Waals surface area contributed by atoms with Gasteiger partial charge < -0.3 is 24.8 Å². The van der Waals surface area contributed by atoms with E-state index in [1.54, 1.807) is 0 Å². The lowest BCUT2D eigenvalue weighted by Gasteiger charge is -2.28. The molecule has 1 saturated carbocycles. The number of morpholine rings is 1. The Morgan fingerprint density at radius 3 is 2.31 bits per heavy atom. The maximum atomic E-state index is 13.7. The van der Waals surface area contributed by atoms with Gasteiger partial charge in [0.2, 0.25) is 11.8 Å². The molecule has 1 aliphatic carbocycles. The van der Waals surface area contributed by atoms with Crippen LogP contribution in [0.1, 0.15) is 70.9 Å². The minimum Gasteiger partial charge on any atom is -0.378 e. The van der Waals surface area contributed by atoms with Gasteiger partial charge in [0.25, 0.3) is 11.5 Å². The van der Waals surface area contributed by atoms with Crippen molar-refractivity contribution in [2.24, 2.45) is 5.92 Å². The van der Waals surface area contributed by atoms with Gasteiger partial charge in [0.15, 0.2) is 0 Å². The van der Waals surface area contributed by atoms with E-state index < -0.39 is 0 Å². The Bertz CT molecular complexity index is 1620. The average molecular weight is 613 g/mol. The number of nitrogens with zero attached hydrogens (tertiary/aromatic N) is 2. The molecule has 2 N–H and O–H groups in total. The van der Waals surface area contributed by atoms with Gasteiger partial charge in [-0.2, -0.15) is 0 Å². The molecule has 1 aromatic heterocycles. The zero-order valence-electron chi connectivity index (χ0n) is 26.8. The van der Waals surface area contributed by atoms with Crippen LogP contribution in [0.3, 0.4) is 0 Å². The maximum Gasteiger partial charge on any atom is 0.253 e. The first-order chi connectivity index (χ1) is 21.7. The molecule has 2 heterocycles. The molecule has 5 rings (SSSR count). The number of amides is 3. The quantitative estimate of drug-likeness (QED) is 0.359. The van der Waals surface area contributed by atoms with E-state index in [4.69, 9.17) is 4.74 Å². The van der Waals surface area contributed by atoms with Crippen molar-refractivity contribution in [2.75, 3.05) is 37.7 Å². The Kier molecular flexibility index (Phi) is 10.2. The Hall–Kier alpha value is -4.24. The van der Waals surface area contributed by atoms with Crippen LogP contribution in [0.2, 0.25) is 0 Å². The summed E-state index contributed by atoms with van der Waals surface area (Å²) in [5, 5.41) is 2.95. The van der Waals surface area contributed by atoms with Gasteiger partial charge in [-0.15, -0.1) is 0 Å². The molecule has 2 aliphatic rings. The highest BCUT2D eigenvalue weighted by molar-refractivity contribution is 6.02. The van der Waals surface area contributed by atoms with Gasteiger partial charge in [-0.3, -0.25) is 19.2 Å². The van der Waals surface area contributed by atoms with Gasteiger partial charge >= 0.3 is 0 Å². The van der Waals surface area contributed by atoms with Crippen molar-refractivity contribution >= 4 is 23.4 Å². The first kappa shape index (κ1) is 32.2. The summed E-state index contributed by atoms with van der Waals surface area (Å²) in [5.74, 6) is -0.147. The van der Waals surface area contributed by atoms with Crippen LogP contribution in [0.4, 0.5) is 5.69 Å². The molecule has 0 atom stereocenters. The smallest absolute Gasteiger partial charge is 0.253 e. The summed E-state index contributed by atoms with van der Waals surface area (Å²) in [4.78, 5) is 59.3. The minimum atomic E-state index is -0.313. The SMILES string of the molecule is CCN(C(=O)C1CCCC1)c1cc(-c2ccc(CC(=O)N3CCOCC3)cc2)cc(C(=O)NCc2c(C)cc(C)[nH]c2=O)c1C. The number of aryl methyl sites for hydroxylation is 2. The van der Waals surface area contributed by atoms with Crippen LogP contribution in [0.5, 0.6) is 0 Å². The summed E-state index contributed by atoms with van der Waals surface area (Å²) < 4.78 is 5.37. The van der Waals surface area contributed by atoms with Gasteiger partial charge in [0, 0.05) is 54.6 Å². The fourth-order valence-electron chi connectivity index (χ4n) is 6.50. The highest BCUT2D eigenvalue weighted by Crippen LogP contribution is 2.34. The van der Waals surface area contributed by atoms with Crippen molar-refractivity contribution in [2.45, 2.75) is 66.3 Å². The predicted octanol–water partition coefficient (Wildman–Crippen LogP) is 4.84. The first-order valence-electron chi connectivity index (χ1n) is 16.0. The number of H-pyrrole nitrogens is 1. The molecule has 9 nitrogen and oxygen atoms in total. The van der Waals surface area contributed by atoms with E-state index in [-0.39, 0.29) is 35.7 Å². The summed E-state index contributed by atoms with van der Waals surface area (Å²) in [6, 6.07) is 13.5. The third kappa shape index (κ3) is 7.36. The molecule has 2 fully saturated rings. The predicted molar refractivity (Wildman–Crippen MR) is 175 cm³/mol. The van der Waals surface area contributed by atoms with Crippen molar-refractivity contribution in [3.05, 3.63) is 86.3 Å². The normalized spacial score (nSPS) is 15.2. The number of ether oxygens (including phenoxy) is 1. The van der Waals surface area contributed by atoms with Crippen LogP contribution in [-0.2, 0) is 27.3 Å². The zero-order chi connectivity index (χ0) is 32.1. The van der Waals surface area contributed by atoms with Gasteiger partial charge in [0.1, 0.15) is 0 Å².